The van der Waals surface area contributed by atoms with Crippen molar-refractivity contribution in [3.8, 4) is 0 Å². The van der Waals surface area contributed by atoms with Crippen LogP contribution in [-0.2, 0) is 0 Å². The molecule has 0 amide bonds. The zero-order chi connectivity index (χ0) is 11.3. The van der Waals surface area contributed by atoms with Gasteiger partial charge in [-0.3, -0.25) is 9.59 Å². The summed E-state index contributed by atoms with van der Waals surface area (Å²) in [6.07, 6.45) is 0. The van der Waals surface area contributed by atoms with Crippen molar-refractivity contribution in [3.63, 3.8) is 0 Å². The molecule has 0 N–H and O–H groups in total. The average molecular weight is 231 g/mol. The quantitative estimate of drug-likeness (QED) is 0.683. The van der Waals surface area contributed by atoms with Crippen LogP contribution in [0.1, 0.15) is 20.7 Å². The lowest BCUT2D eigenvalue weighted by atomic mass is 9.92. The second-order valence-corrected chi connectivity index (χ2v) is 4.81. The Labute approximate surface area is 97.1 Å². The summed E-state index contributed by atoms with van der Waals surface area (Å²) in [6, 6.07) is 7.02. The summed E-state index contributed by atoms with van der Waals surface area (Å²) in [6.45, 7) is 0. The number of allylic oxidation sites excluding steroid dienone is 2. The molecule has 1 aromatic rings. The van der Waals surface area contributed by atoms with Crippen LogP contribution >= 0.6 is 11.8 Å². The van der Waals surface area contributed by atoms with Crippen molar-refractivity contribution in [2.45, 2.75) is 0 Å². The van der Waals surface area contributed by atoms with Gasteiger partial charge in [0.1, 0.15) is 5.70 Å². The molecule has 4 heteroatoms. The van der Waals surface area contributed by atoms with Gasteiger partial charge >= 0.3 is 0 Å². The van der Waals surface area contributed by atoms with Gasteiger partial charge in [0.15, 0.2) is 0 Å². The van der Waals surface area contributed by atoms with Crippen LogP contribution in [0.4, 0.5) is 0 Å². The highest BCUT2D eigenvalue weighted by Gasteiger charge is 2.37. The van der Waals surface area contributed by atoms with E-state index in [0.29, 0.717) is 27.6 Å². The van der Waals surface area contributed by atoms with Gasteiger partial charge in [-0.25, -0.2) is 0 Å². The highest BCUT2D eigenvalue weighted by atomic mass is 32.2. The molecule has 80 valence electrons. The van der Waals surface area contributed by atoms with Crippen molar-refractivity contribution in [1.29, 1.82) is 0 Å². The standard InChI is InChI=1S/C12H9NO2S/c1-13-6-16-12-9(13)10(14)7-4-2-3-5-8(7)11(12)15/h2-5H,6H2,1H3. The molecular formula is C12H9NO2S. The SMILES string of the molecule is CN1CSC2=C1C(=O)c1ccccc1C2=O. The number of ketones is 2. The van der Waals surface area contributed by atoms with E-state index in [-0.39, 0.29) is 11.6 Å². The molecule has 1 aromatic carbocycles. The van der Waals surface area contributed by atoms with E-state index in [1.165, 1.54) is 11.8 Å². The highest BCUT2D eigenvalue weighted by molar-refractivity contribution is 8.04. The summed E-state index contributed by atoms with van der Waals surface area (Å²) in [4.78, 5) is 26.8. The van der Waals surface area contributed by atoms with Crippen LogP contribution in [0, 0.1) is 0 Å². The van der Waals surface area contributed by atoms with Crippen LogP contribution in [0.25, 0.3) is 0 Å². The van der Waals surface area contributed by atoms with Crippen LogP contribution in [0.5, 0.6) is 0 Å². The van der Waals surface area contributed by atoms with Gasteiger partial charge in [-0.15, -0.1) is 0 Å². The van der Waals surface area contributed by atoms with Gasteiger partial charge < -0.3 is 4.90 Å². The molecule has 3 nitrogen and oxygen atoms in total. The molecule has 1 heterocycles. The number of thioether (sulfide) groups is 1. The summed E-state index contributed by atoms with van der Waals surface area (Å²) >= 11 is 1.45. The Bertz CT molecular complexity index is 548. The molecule has 16 heavy (non-hydrogen) atoms. The lowest BCUT2D eigenvalue weighted by molar-refractivity contribution is 0.0962. The molecule has 1 aliphatic heterocycles. The van der Waals surface area contributed by atoms with Crippen LogP contribution in [0.2, 0.25) is 0 Å². The third-order valence-electron chi connectivity index (χ3n) is 2.84. The van der Waals surface area contributed by atoms with Crippen molar-refractivity contribution >= 4 is 23.3 Å². The third-order valence-corrected chi connectivity index (χ3v) is 4.02. The first kappa shape index (κ1) is 9.66. The number of hydrogen-bond acceptors (Lipinski definition) is 4. The molecule has 0 saturated carbocycles. The maximum atomic E-state index is 12.2. The van der Waals surface area contributed by atoms with Crippen molar-refractivity contribution in [2.24, 2.45) is 0 Å². The van der Waals surface area contributed by atoms with Crippen LogP contribution in [0.15, 0.2) is 34.9 Å². The zero-order valence-corrected chi connectivity index (χ0v) is 9.50. The molecule has 0 fully saturated rings. The van der Waals surface area contributed by atoms with E-state index in [9.17, 15) is 9.59 Å². The fraction of sp³-hybridized carbons (Fsp3) is 0.167. The van der Waals surface area contributed by atoms with Gasteiger partial charge in [0.2, 0.25) is 11.6 Å². The minimum Gasteiger partial charge on any atom is -0.361 e. The van der Waals surface area contributed by atoms with E-state index in [2.05, 4.69) is 0 Å². The number of fused-ring (bicyclic) bond motifs is 1. The van der Waals surface area contributed by atoms with Gasteiger partial charge in [0, 0.05) is 18.2 Å². The highest BCUT2D eigenvalue weighted by Crippen LogP contribution is 2.39. The van der Waals surface area contributed by atoms with Crippen molar-refractivity contribution < 1.29 is 9.59 Å². The fourth-order valence-electron chi connectivity index (χ4n) is 2.05. The Kier molecular flexibility index (Phi) is 1.94. The second-order valence-electron chi connectivity index (χ2n) is 3.85. The largest absolute Gasteiger partial charge is 0.361 e. The van der Waals surface area contributed by atoms with Gasteiger partial charge in [-0.2, -0.15) is 0 Å². The number of carbonyl (C=O) groups excluding carboxylic acids is 2. The zero-order valence-electron chi connectivity index (χ0n) is 8.69. The molecule has 3 rings (SSSR count). The Morgan fingerprint density at radius 1 is 1.12 bits per heavy atom. The first-order valence-electron chi connectivity index (χ1n) is 4.97. The molecule has 1 aliphatic carbocycles. The second kappa shape index (κ2) is 3.22. The van der Waals surface area contributed by atoms with Crippen molar-refractivity contribution in [3.05, 3.63) is 46.0 Å². The van der Waals surface area contributed by atoms with Gasteiger partial charge in [-0.1, -0.05) is 36.0 Å². The van der Waals surface area contributed by atoms with Gasteiger partial charge in [0.05, 0.1) is 10.8 Å². The molecule has 0 radical (unpaired) electrons. The predicted molar refractivity (Wildman–Crippen MR) is 62.4 cm³/mol. The van der Waals surface area contributed by atoms with E-state index >= 15 is 0 Å². The summed E-state index contributed by atoms with van der Waals surface area (Å²) in [5, 5.41) is 0. The van der Waals surface area contributed by atoms with Crippen LogP contribution in [0.3, 0.4) is 0 Å². The maximum absolute atomic E-state index is 12.2. The van der Waals surface area contributed by atoms with Gasteiger partial charge in [-0.05, 0) is 0 Å². The summed E-state index contributed by atoms with van der Waals surface area (Å²) in [5.41, 5.74) is 1.63. The van der Waals surface area contributed by atoms with E-state index in [0.717, 1.165) is 0 Å². The molecule has 2 aliphatic rings. The summed E-state index contributed by atoms with van der Waals surface area (Å²) in [7, 11) is 1.84. The average Bonchev–Trinajstić information content (AvgIpc) is 2.69. The van der Waals surface area contributed by atoms with Gasteiger partial charge in [0.25, 0.3) is 0 Å². The number of Topliss-reactive ketones (excluding diaryl/α,β-unsaturated/α-hetero) is 2. The number of likely N-dealkylation sites (N-methyl/N-ethyl adjacent to an activating group) is 1. The first-order valence-corrected chi connectivity index (χ1v) is 5.95. The predicted octanol–water partition coefficient (Wildman–Crippen LogP) is 1.91. The molecule has 0 spiro atoms. The molecule has 0 saturated heterocycles. The fourth-order valence-corrected chi connectivity index (χ4v) is 3.12. The number of rotatable bonds is 0. The van der Waals surface area contributed by atoms with E-state index in [4.69, 9.17) is 0 Å². The van der Waals surface area contributed by atoms with E-state index in [1.807, 2.05) is 11.9 Å². The van der Waals surface area contributed by atoms with Crippen LogP contribution < -0.4 is 0 Å². The first-order chi connectivity index (χ1) is 7.70. The van der Waals surface area contributed by atoms with Crippen molar-refractivity contribution in [1.82, 2.24) is 4.90 Å². The molecule has 0 unspecified atom stereocenters. The van der Waals surface area contributed by atoms with Crippen LogP contribution in [-0.4, -0.2) is 29.4 Å². The Morgan fingerprint density at radius 2 is 1.75 bits per heavy atom. The topological polar surface area (TPSA) is 37.4 Å². The van der Waals surface area contributed by atoms with E-state index in [1.54, 1.807) is 24.3 Å². The minimum absolute atomic E-state index is 0.0143. The van der Waals surface area contributed by atoms with E-state index < -0.39 is 0 Å². The Hall–Kier alpha value is -1.55. The normalized spacial score (nSPS) is 18.9. The monoisotopic (exact) mass is 231 g/mol. The number of nitrogens with zero attached hydrogens (tertiary/aromatic N) is 1. The summed E-state index contributed by atoms with van der Waals surface area (Å²) in [5.74, 6) is 0.633. The lowest BCUT2D eigenvalue weighted by Crippen LogP contribution is -2.25. The number of carbonyl (C=O) groups is 2. The Morgan fingerprint density at radius 3 is 2.44 bits per heavy atom. The molecule has 0 aromatic heterocycles. The van der Waals surface area contributed by atoms with Crippen molar-refractivity contribution in [2.75, 3.05) is 12.9 Å². The smallest absolute Gasteiger partial charge is 0.211 e. The molecular weight excluding hydrogens is 222 g/mol. The molecule has 0 bridgehead atoms. The lowest BCUT2D eigenvalue weighted by Gasteiger charge is -2.19. The third kappa shape index (κ3) is 1.10. The number of hydrogen-bond donors (Lipinski definition) is 0. The minimum atomic E-state index is -0.0299. The summed E-state index contributed by atoms with van der Waals surface area (Å²) < 4.78 is 0. The molecule has 0 atom stereocenters. The maximum Gasteiger partial charge on any atom is 0.211 e. The number of benzene rings is 1. The Balaban J connectivity index is 2.25.